The van der Waals surface area contributed by atoms with E-state index in [0.717, 1.165) is 20.8 Å². The zero-order valence-electron chi connectivity index (χ0n) is 11.7. The summed E-state index contributed by atoms with van der Waals surface area (Å²) in [7, 11) is 0. The van der Waals surface area contributed by atoms with Crippen molar-refractivity contribution in [1.82, 2.24) is 4.98 Å². The third kappa shape index (κ3) is 2.95. The molecule has 0 aliphatic rings. The number of rotatable bonds is 4. The van der Waals surface area contributed by atoms with Gasteiger partial charge >= 0.3 is 5.97 Å². The molecule has 0 radical (unpaired) electrons. The molecule has 1 N–H and O–H groups in total. The number of nitrogens with zero attached hydrogens (tertiary/aromatic N) is 1. The monoisotopic (exact) mass is 277 g/mol. The molecule has 0 amide bonds. The molecule has 0 bridgehead atoms. The van der Waals surface area contributed by atoms with Crippen LogP contribution >= 0.6 is 11.3 Å². The fourth-order valence-corrected chi connectivity index (χ4v) is 2.96. The second-order valence-corrected chi connectivity index (χ2v) is 6.94. The van der Waals surface area contributed by atoms with Crippen molar-refractivity contribution in [2.24, 2.45) is 5.41 Å². The van der Waals surface area contributed by atoms with Crippen molar-refractivity contribution in [3.05, 3.63) is 28.8 Å². The first-order valence-electron chi connectivity index (χ1n) is 6.42. The van der Waals surface area contributed by atoms with Crippen LogP contribution in [0.4, 0.5) is 0 Å². The van der Waals surface area contributed by atoms with E-state index < -0.39 is 11.4 Å². The molecule has 4 heteroatoms. The van der Waals surface area contributed by atoms with Crippen LogP contribution in [0.2, 0.25) is 0 Å². The van der Waals surface area contributed by atoms with Gasteiger partial charge < -0.3 is 5.11 Å². The summed E-state index contributed by atoms with van der Waals surface area (Å²) in [5, 5.41) is 10.3. The largest absolute Gasteiger partial charge is 0.481 e. The Kier molecular flexibility index (Phi) is 3.63. The normalized spacial score (nSPS) is 12.3. The average molecular weight is 277 g/mol. The molecule has 1 aromatic heterocycles. The second kappa shape index (κ2) is 4.93. The number of benzene rings is 1. The molecule has 2 aromatic rings. The van der Waals surface area contributed by atoms with Crippen molar-refractivity contribution in [2.45, 2.75) is 40.0 Å². The molecule has 0 spiro atoms. The SMILES string of the molecule is CC(C)c1nc2ccc(CC(C)(C)C(=O)O)cc2s1. The highest BCUT2D eigenvalue weighted by atomic mass is 32.1. The van der Waals surface area contributed by atoms with Crippen molar-refractivity contribution in [3.8, 4) is 0 Å². The summed E-state index contributed by atoms with van der Waals surface area (Å²) in [6.45, 7) is 7.77. The molecular weight excluding hydrogens is 258 g/mol. The molecule has 0 unspecified atom stereocenters. The first-order valence-corrected chi connectivity index (χ1v) is 7.24. The van der Waals surface area contributed by atoms with Crippen LogP contribution in [-0.4, -0.2) is 16.1 Å². The summed E-state index contributed by atoms with van der Waals surface area (Å²) >= 11 is 1.70. The van der Waals surface area contributed by atoms with Crippen molar-refractivity contribution < 1.29 is 9.90 Å². The topological polar surface area (TPSA) is 50.2 Å². The van der Waals surface area contributed by atoms with E-state index in [1.807, 2.05) is 12.1 Å². The van der Waals surface area contributed by atoms with Crippen LogP contribution in [-0.2, 0) is 11.2 Å². The summed E-state index contributed by atoms with van der Waals surface area (Å²) in [4.78, 5) is 15.8. The molecule has 102 valence electrons. The van der Waals surface area contributed by atoms with Crippen LogP contribution in [0.1, 0.15) is 44.2 Å². The average Bonchev–Trinajstić information content (AvgIpc) is 2.71. The van der Waals surface area contributed by atoms with Gasteiger partial charge in [0, 0.05) is 5.92 Å². The summed E-state index contributed by atoms with van der Waals surface area (Å²) in [5.41, 5.74) is 1.32. The molecule has 0 saturated carbocycles. The molecule has 0 aliphatic heterocycles. The minimum absolute atomic E-state index is 0.427. The number of fused-ring (bicyclic) bond motifs is 1. The van der Waals surface area contributed by atoms with E-state index in [9.17, 15) is 9.90 Å². The van der Waals surface area contributed by atoms with Crippen LogP contribution in [0, 0.1) is 5.41 Å². The highest BCUT2D eigenvalue weighted by molar-refractivity contribution is 7.18. The van der Waals surface area contributed by atoms with Crippen molar-refractivity contribution >= 4 is 27.5 Å². The molecule has 19 heavy (non-hydrogen) atoms. The quantitative estimate of drug-likeness (QED) is 0.916. The molecule has 0 saturated heterocycles. The number of aliphatic carboxylic acids is 1. The number of hydrogen-bond acceptors (Lipinski definition) is 3. The maximum Gasteiger partial charge on any atom is 0.309 e. The predicted molar refractivity (Wildman–Crippen MR) is 78.8 cm³/mol. The Morgan fingerprint density at radius 3 is 2.68 bits per heavy atom. The van der Waals surface area contributed by atoms with E-state index in [0.29, 0.717) is 12.3 Å². The van der Waals surface area contributed by atoms with Crippen LogP contribution in [0.5, 0.6) is 0 Å². The van der Waals surface area contributed by atoms with E-state index in [1.54, 1.807) is 25.2 Å². The van der Waals surface area contributed by atoms with Gasteiger partial charge in [-0.05, 0) is 38.0 Å². The number of carboxylic acids is 1. The van der Waals surface area contributed by atoms with Crippen molar-refractivity contribution in [1.29, 1.82) is 0 Å². The highest BCUT2D eigenvalue weighted by Crippen LogP contribution is 2.30. The molecule has 3 nitrogen and oxygen atoms in total. The van der Waals surface area contributed by atoms with Gasteiger partial charge in [-0.1, -0.05) is 19.9 Å². The van der Waals surface area contributed by atoms with Gasteiger partial charge in [0.15, 0.2) is 0 Å². The van der Waals surface area contributed by atoms with Crippen LogP contribution in [0.25, 0.3) is 10.2 Å². The van der Waals surface area contributed by atoms with E-state index in [2.05, 4.69) is 24.9 Å². The second-order valence-electron chi connectivity index (χ2n) is 5.87. The number of carbonyl (C=O) groups is 1. The van der Waals surface area contributed by atoms with E-state index in [1.165, 1.54) is 0 Å². The maximum absolute atomic E-state index is 11.2. The lowest BCUT2D eigenvalue weighted by Gasteiger charge is -2.18. The fraction of sp³-hybridized carbons (Fsp3) is 0.467. The van der Waals surface area contributed by atoms with Gasteiger partial charge in [-0.2, -0.15) is 0 Å². The van der Waals surface area contributed by atoms with Gasteiger partial charge in [0.05, 0.1) is 20.6 Å². The first kappa shape index (κ1) is 14.0. The number of aromatic nitrogens is 1. The predicted octanol–water partition coefficient (Wildman–Crippen LogP) is 4.07. The van der Waals surface area contributed by atoms with Gasteiger partial charge in [-0.3, -0.25) is 4.79 Å². The smallest absolute Gasteiger partial charge is 0.309 e. The van der Waals surface area contributed by atoms with Crippen molar-refractivity contribution in [2.75, 3.05) is 0 Å². The lowest BCUT2D eigenvalue weighted by molar-refractivity contribution is -0.146. The molecule has 1 aromatic carbocycles. The lowest BCUT2D eigenvalue weighted by Crippen LogP contribution is -2.26. The van der Waals surface area contributed by atoms with E-state index in [-0.39, 0.29) is 0 Å². The Morgan fingerprint density at radius 1 is 1.42 bits per heavy atom. The number of carboxylic acid groups (broad SMARTS) is 1. The Hall–Kier alpha value is -1.42. The zero-order valence-corrected chi connectivity index (χ0v) is 12.5. The first-order chi connectivity index (χ1) is 8.79. The van der Waals surface area contributed by atoms with Gasteiger partial charge in [-0.25, -0.2) is 4.98 Å². The van der Waals surface area contributed by atoms with Gasteiger partial charge in [0.25, 0.3) is 0 Å². The molecular formula is C15H19NO2S. The van der Waals surface area contributed by atoms with Crippen LogP contribution in [0.15, 0.2) is 18.2 Å². The van der Waals surface area contributed by atoms with E-state index in [4.69, 9.17) is 0 Å². The Bertz CT molecular complexity index is 614. The van der Waals surface area contributed by atoms with Crippen LogP contribution in [0.3, 0.4) is 0 Å². The third-order valence-corrected chi connectivity index (χ3v) is 4.51. The Balaban J connectivity index is 2.34. The zero-order chi connectivity index (χ0) is 14.2. The molecule has 1 heterocycles. The number of thiazole rings is 1. The molecule has 0 fully saturated rings. The van der Waals surface area contributed by atoms with Gasteiger partial charge in [-0.15, -0.1) is 11.3 Å². The Morgan fingerprint density at radius 2 is 2.11 bits per heavy atom. The minimum Gasteiger partial charge on any atom is -0.481 e. The van der Waals surface area contributed by atoms with E-state index >= 15 is 0 Å². The standard InChI is InChI=1S/C15H19NO2S/c1-9(2)13-16-11-6-5-10(7-12(11)19-13)8-15(3,4)14(17)18/h5-7,9H,8H2,1-4H3,(H,17,18). The van der Waals surface area contributed by atoms with Gasteiger partial charge in [0.1, 0.15) is 0 Å². The molecule has 0 atom stereocenters. The maximum atomic E-state index is 11.2. The lowest BCUT2D eigenvalue weighted by atomic mass is 9.86. The van der Waals surface area contributed by atoms with Crippen LogP contribution < -0.4 is 0 Å². The number of hydrogen-bond donors (Lipinski definition) is 1. The summed E-state index contributed by atoms with van der Waals surface area (Å²) in [5.74, 6) is -0.337. The summed E-state index contributed by atoms with van der Waals surface area (Å²) in [6.07, 6.45) is 0.535. The summed E-state index contributed by atoms with van der Waals surface area (Å²) < 4.78 is 1.14. The van der Waals surface area contributed by atoms with Gasteiger partial charge in [0.2, 0.25) is 0 Å². The fourth-order valence-electron chi connectivity index (χ4n) is 1.93. The minimum atomic E-state index is -0.764. The molecule has 0 aliphatic carbocycles. The van der Waals surface area contributed by atoms with Crippen molar-refractivity contribution in [3.63, 3.8) is 0 Å². The summed E-state index contributed by atoms with van der Waals surface area (Å²) in [6, 6.07) is 6.05. The molecule has 2 rings (SSSR count). The third-order valence-electron chi connectivity index (χ3n) is 3.19. The highest BCUT2D eigenvalue weighted by Gasteiger charge is 2.27. The Labute approximate surface area is 117 Å².